The molecule has 39 heavy (non-hydrogen) atoms. The SMILES string of the molecule is CC(C)CN1C(=O)[C@@]2(Cc3ccccc31)c1ccccc1C(=O)N(C1CCCCC1)[C@H]2c1ccc(CO)cc1. The Balaban J connectivity index is 1.64. The van der Waals surface area contributed by atoms with E-state index < -0.39 is 11.5 Å². The van der Waals surface area contributed by atoms with Crippen molar-refractivity contribution in [1.82, 2.24) is 4.90 Å². The van der Waals surface area contributed by atoms with Crippen molar-refractivity contribution in [2.75, 3.05) is 11.4 Å². The maximum absolute atomic E-state index is 15.2. The molecule has 2 aliphatic heterocycles. The molecule has 0 unspecified atom stereocenters. The molecule has 3 aliphatic rings. The lowest BCUT2D eigenvalue weighted by atomic mass is 9.61. The molecule has 202 valence electrons. The van der Waals surface area contributed by atoms with E-state index >= 15 is 4.79 Å². The number of benzene rings is 3. The van der Waals surface area contributed by atoms with Gasteiger partial charge in [0.15, 0.2) is 0 Å². The first-order valence-corrected chi connectivity index (χ1v) is 14.5. The van der Waals surface area contributed by atoms with Crippen LogP contribution in [0.1, 0.15) is 84.6 Å². The molecule has 0 bridgehead atoms. The van der Waals surface area contributed by atoms with E-state index in [1.807, 2.05) is 59.5 Å². The molecular formula is C34H38N2O3. The van der Waals surface area contributed by atoms with Crippen LogP contribution in [0.2, 0.25) is 0 Å². The maximum Gasteiger partial charge on any atom is 0.254 e. The number of carbonyl (C=O) groups is 2. The summed E-state index contributed by atoms with van der Waals surface area (Å²) < 4.78 is 0. The molecule has 1 aliphatic carbocycles. The van der Waals surface area contributed by atoms with E-state index in [0.29, 0.717) is 18.5 Å². The molecule has 0 saturated heterocycles. The van der Waals surface area contributed by atoms with Crippen LogP contribution < -0.4 is 4.90 Å². The van der Waals surface area contributed by atoms with Gasteiger partial charge in [0.2, 0.25) is 5.91 Å². The van der Waals surface area contributed by atoms with Gasteiger partial charge in [0.05, 0.1) is 12.6 Å². The summed E-state index contributed by atoms with van der Waals surface area (Å²) in [4.78, 5) is 33.7. The van der Waals surface area contributed by atoms with Crippen molar-refractivity contribution in [3.63, 3.8) is 0 Å². The summed E-state index contributed by atoms with van der Waals surface area (Å²) in [5, 5.41) is 9.75. The fourth-order valence-corrected chi connectivity index (χ4v) is 7.31. The molecule has 1 saturated carbocycles. The second kappa shape index (κ2) is 10.3. The Bertz CT molecular complexity index is 1380. The average molecular weight is 523 g/mol. The number of amides is 2. The lowest BCUT2D eigenvalue weighted by Crippen LogP contribution is -2.64. The van der Waals surface area contributed by atoms with Gasteiger partial charge < -0.3 is 14.9 Å². The number of nitrogens with zero attached hydrogens (tertiary/aromatic N) is 2. The van der Waals surface area contributed by atoms with Gasteiger partial charge in [-0.2, -0.15) is 0 Å². The second-order valence-corrected chi connectivity index (χ2v) is 11.9. The molecular weight excluding hydrogens is 484 g/mol. The summed E-state index contributed by atoms with van der Waals surface area (Å²) in [6.45, 7) is 4.87. The predicted octanol–water partition coefficient (Wildman–Crippen LogP) is 6.19. The summed E-state index contributed by atoms with van der Waals surface area (Å²) in [5.74, 6) is 0.391. The first-order chi connectivity index (χ1) is 19.0. The maximum atomic E-state index is 15.2. The van der Waals surface area contributed by atoms with Crippen LogP contribution in [0, 0.1) is 5.92 Å². The fraction of sp³-hybridized carbons (Fsp3) is 0.412. The van der Waals surface area contributed by atoms with Crippen LogP contribution in [-0.2, 0) is 23.2 Å². The molecule has 2 atom stereocenters. The molecule has 6 rings (SSSR count). The zero-order chi connectivity index (χ0) is 27.1. The molecule has 1 N–H and O–H groups in total. The van der Waals surface area contributed by atoms with Crippen LogP contribution >= 0.6 is 0 Å². The summed E-state index contributed by atoms with van der Waals surface area (Å²) >= 11 is 0. The minimum atomic E-state index is -0.952. The van der Waals surface area contributed by atoms with Gasteiger partial charge in [0.1, 0.15) is 5.41 Å². The molecule has 5 heteroatoms. The van der Waals surface area contributed by atoms with Crippen molar-refractivity contribution in [3.05, 3.63) is 101 Å². The van der Waals surface area contributed by atoms with Crippen LogP contribution in [-0.4, -0.2) is 34.4 Å². The summed E-state index contributed by atoms with van der Waals surface area (Å²) in [5.41, 5.74) is 4.44. The zero-order valence-electron chi connectivity index (χ0n) is 23.0. The highest BCUT2D eigenvalue weighted by Crippen LogP contribution is 2.55. The van der Waals surface area contributed by atoms with Crippen LogP contribution in [0.15, 0.2) is 72.8 Å². The van der Waals surface area contributed by atoms with E-state index in [-0.39, 0.29) is 30.4 Å². The number of hydrogen-bond acceptors (Lipinski definition) is 3. The van der Waals surface area contributed by atoms with Gasteiger partial charge in [-0.3, -0.25) is 9.59 Å². The van der Waals surface area contributed by atoms with Crippen LogP contribution in [0.5, 0.6) is 0 Å². The normalized spacial score (nSPS) is 23.3. The summed E-state index contributed by atoms with van der Waals surface area (Å²) in [6, 6.07) is 23.7. The number of rotatable bonds is 5. The number of para-hydroxylation sites is 1. The van der Waals surface area contributed by atoms with E-state index in [1.54, 1.807) is 0 Å². The quantitative estimate of drug-likeness (QED) is 0.435. The number of aliphatic hydroxyl groups excluding tert-OH is 1. The third kappa shape index (κ3) is 4.19. The molecule has 1 fully saturated rings. The number of carbonyl (C=O) groups excluding carboxylic acids is 2. The molecule has 5 nitrogen and oxygen atoms in total. The van der Waals surface area contributed by atoms with Crippen molar-refractivity contribution in [2.45, 2.75) is 76.5 Å². The predicted molar refractivity (Wildman–Crippen MR) is 154 cm³/mol. The van der Waals surface area contributed by atoms with E-state index in [4.69, 9.17) is 0 Å². The van der Waals surface area contributed by atoms with Gasteiger partial charge in [0, 0.05) is 23.8 Å². The Labute approximate surface area is 231 Å². The van der Waals surface area contributed by atoms with Gasteiger partial charge in [-0.05, 0) is 59.6 Å². The minimum absolute atomic E-state index is 0.0291. The van der Waals surface area contributed by atoms with Crippen molar-refractivity contribution < 1.29 is 14.7 Å². The molecule has 0 aromatic heterocycles. The Morgan fingerprint density at radius 1 is 0.897 bits per heavy atom. The number of anilines is 1. The summed E-state index contributed by atoms with van der Waals surface area (Å²) in [7, 11) is 0. The van der Waals surface area contributed by atoms with Gasteiger partial charge in [-0.1, -0.05) is 93.8 Å². The third-order valence-corrected chi connectivity index (χ3v) is 8.99. The Kier molecular flexibility index (Phi) is 6.80. The summed E-state index contributed by atoms with van der Waals surface area (Å²) in [6.07, 6.45) is 5.82. The van der Waals surface area contributed by atoms with Gasteiger partial charge >= 0.3 is 0 Å². The number of fused-ring (bicyclic) bond motifs is 3. The highest BCUT2D eigenvalue weighted by Gasteiger charge is 2.60. The fourth-order valence-electron chi connectivity index (χ4n) is 7.31. The van der Waals surface area contributed by atoms with Crippen molar-refractivity contribution >= 4 is 17.5 Å². The average Bonchev–Trinajstić information content (AvgIpc) is 2.97. The molecule has 2 amide bonds. The van der Waals surface area contributed by atoms with Gasteiger partial charge in [0.25, 0.3) is 5.91 Å². The van der Waals surface area contributed by atoms with E-state index in [2.05, 4.69) is 36.9 Å². The third-order valence-electron chi connectivity index (χ3n) is 8.99. The van der Waals surface area contributed by atoms with Crippen molar-refractivity contribution in [3.8, 4) is 0 Å². The Morgan fingerprint density at radius 2 is 1.59 bits per heavy atom. The van der Waals surface area contributed by atoms with Crippen LogP contribution in [0.4, 0.5) is 5.69 Å². The topological polar surface area (TPSA) is 60.9 Å². The number of aliphatic hydroxyl groups is 1. The number of hydrogen-bond donors (Lipinski definition) is 1. The first-order valence-electron chi connectivity index (χ1n) is 14.5. The highest BCUT2D eigenvalue weighted by molar-refractivity contribution is 6.10. The van der Waals surface area contributed by atoms with E-state index in [9.17, 15) is 9.90 Å². The van der Waals surface area contributed by atoms with Gasteiger partial charge in [-0.25, -0.2) is 0 Å². The van der Waals surface area contributed by atoms with E-state index in [1.165, 1.54) is 6.42 Å². The lowest BCUT2D eigenvalue weighted by molar-refractivity contribution is -0.128. The molecule has 0 radical (unpaired) electrons. The molecule has 1 spiro atoms. The van der Waals surface area contributed by atoms with Gasteiger partial charge in [-0.15, -0.1) is 0 Å². The van der Waals surface area contributed by atoms with E-state index in [0.717, 1.165) is 53.6 Å². The Morgan fingerprint density at radius 3 is 2.31 bits per heavy atom. The highest BCUT2D eigenvalue weighted by atomic mass is 16.3. The molecule has 3 aromatic carbocycles. The zero-order valence-corrected chi connectivity index (χ0v) is 23.0. The smallest absolute Gasteiger partial charge is 0.254 e. The Hall–Kier alpha value is -3.44. The second-order valence-electron chi connectivity index (χ2n) is 11.9. The largest absolute Gasteiger partial charge is 0.392 e. The lowest BCUT2D eigenvalue weighted by Gasteiger charge is -2.55. The standard InChI is InChI=1S/C34H38N2O3/c1-23(2)21-35-30-15-9-6-10-26(30)20-34(33(35)39)29-14-8-7-13-28(29)32(38)36(27-11-4-3-5-12-27)31(34)25-18-16-24(22-37)17-19-25/h6-10,13-19,23,27,31,37H,3-5,11-12,20-22H2,1-2H3/t31-,34-/m0/s1. The monoisotopic (exact) mass is 522 g/mol. The van der Waals surface area contributed by atoms with Crippen LogP contribution in [0.25, 0.3) is 0 Å². The van der Waals surface area contributed by atoms with Crippen LogP contribution in [0.3, 0.4) is 0 Å². The molecule has 3 aromatic rings. The van der Waals surface area contributed by atoms with Crippen molar-refractivity contribution in [2.24, 2.45) is 5.92 Å². The minimum Gasteiger partial charge on any atom is -0.392 e. The molecule has 2 heterocycles. The van der Waals surface area contributed by atoms with Crippen molar-refractivity contribution in [1.29, 1.82) is 0 Å². The first kappa shape index (κ1) is 25.8.